The highest BCUT2D eigenvalue weighted by Gasteiger charge is 2.28. The molecule has 138 valence electrons. The minimum absolute atomic E-state index is 0.303. The third-order valence-electron chi connectivity index (χ3n) is 4.85. The van der Waals surface area contributed by atoms with E-state index in [1.807, 2.05) is 36.4 Å². The highest BCUT2D eigenvalue weighted by molar-refractivity contribution is 7.17. The van der Waals surface area contributed by atoms with Gasteiger partial charge < -0.3 is 14.8 Å². The average Bonchev–Trinajstić information content (AvgIpc) is 3.27. The number of ether oxygens (including phenoxy) is 2. The fourth-order valence-corrected chi connectivity index (χ4v) is 4.82. The van der Waals surface area contributed by atoms with E-state index >= 15 is 0 Å². The highest BCUT2D eigenvalue weighted by atomic mass is 32.1. The first-order valence-electron chi connectivity index (χ1n) is 8.73. The van der Waals surface area contributed by atoms with Crippen molar-refractivity contribution in [2.24, 2.45) is 0 Å². The Bertz CT molecular complexity index is 1050. The SMILES string of the molecule is COC(=O)c1c(NC(=O)c2cc3ccccc3cc2OC)sc2c1CCC2. The molecule has 1 N–H and O–H groups in total. The molecule has 4 rings (SSSR count). The summed E-state index contributed by atoms with van der Waals surface area (Å²) in [4.78, 5) is 26.4. The van der Waals surface area contributed by atoms with Crippen LogP contribution in [0.4, 0.5) is 5.00 Å². The van der Waals surface area contributed by atoms with Gasteiger partial charge in [-0.15, -0.1) is 11.3 Å². The normalized spacial score (nSPS) is 12.7. The number of carbonyl (C=O) groups excluding carboxylic acids is 2. The van der Waals surface area contributed by atoms with E-state index in [9.17, 15) is 9.59 Å². The first-order chi connectivity index (χ1) is 13.1. The summed E-state index contributed by atoms with van der Waals surface area (Å²) in [6, 6.07) is 11.4. The fraction of sp³-hybridized carbons (Fsp3) is 0.238. The molecule has 0 saturated heterocycles. The topological polar surface area (TPSA) is 64.6 Å². The van der Waals surface area contributed by atoms with Gasteiger partial charge in [-0.05, 0) is 47.7 Å². The second-order valence-electron chi connectivity index (χ2n) is 6.41. The number of esters is 1. The number of benzene rings is 2. The Morgan fingerprint density at radius 2 is 1.81 bits per heavy atom. The molecule has 0 spiro atoms. The summed E-state index contributed by atoms with van der Waals surface area (Å²) in [6.07, 6.45) is 2.79. The lowest BCUT2D eigenvalue weighted by molar-refractivity contribution is 0.0601. The van der Waals surface area contributed by atoms with Crippen LogP contribution < -0.4 is 10.1 Å². The summed E-state index contributed by atoms with van der Waals surface area (Å²) in [5.74, 6) is -0.215. The number of anilines is 1. The van der Waals surface area contributed by atoms with Crippen LogP contribution in [-0.4, -0.2) is 26.1 Å². The highest BCUT2D eigenvalue weighted by Crippen LogP contribution is 2.40. The van der Waals surface area contributed by atoms with Crippen LogP contribution in [0.15, 0.2) is 36.4 Å². The van der Waals surface area contributed by atoms with Crippen LogP contribution in [0.5, 0.6) is 5.75 Å². The molecule has 0 aliphatic heterocycles. The summed E-state index contributed by atoms with van der Waals surface area (Å²) < 4.78 is 10.4. The Morgan fingerprint density at radius 3 is 2.52 bits per heavy atom. The van der Waals surface area contributed by atoms with E-state index in [1.165, 1.54) is 18.4 Å². The minimum Gasteiger partial charge on any atom is -0.496 e. The number of methoxy groups -OCH3 is 2. The van der Waals surface area contributed by atoms with Crippen LogP contribution in [0, 0.1) is 0 Å². The lowest BCUT2D eigenvalue weighted by Gasteiger charge is -2.11. The van der Waals surface area contributed by atoms with Crippen molar-refractivity contribution in [2.45, 2.75) is 19.3 Å². The van der Waals surface area contributed by atoms with Crippen molar-refractivity contribution >= 4 is 39.0 Å². The Morgan fingerprint density at radius 1 is 1.07 bits per heavy atom. The molecule has 1 aliphatic carbocycles. The van der Waals surface area contributed by atoms with Crippen LogP contribution >= 0.6 is 11.3 Å². The van der Waals surface area contributed by atoms with Gasteiger partial charge in [0.25, 0.3) is 5.91 Å². The molecule has 0 unspecified atom stereocenters. The molecule has 5 nitrogen and oxygen atoms in total. The molecule has 0 bridgehead atoms. The Hall–Kier alpha value is -2.86. The lowest BCUT2D eigenvalue weighted by Crippen LogP contribution is -2.15. The van der Waals surface area contributed by atoms with E-state index in [0.717, 1.165) is 40.5 Å². The molecule has 0 radical (unpaired) electrons. The Balaban J connectivity index is 1.73. The van der Waals surface area contributed by atoms with Gasteiger partial charge in [-0.2, -0.15) is 0 Å². The van der Waals surface area contributed by atoms with Crippen LogP contribution in [0.2, 0.25) is 0 Å². The summed E-state index contributed by atoms with van der Waals surface area (Å²) in [6.45, 7) is 0. The quantitative estimate of drug-likeness (QED) is 0.679. The molecule has 1 aliphatic rings. The molecule has 1 heterocycles. The van der Waals surface area contributed by atoms with Crippen molar-refractivity contribution in [3.8, 4) is 5.75 Å². The molecular formula is C21H19NO4S. The van der Waals surface area contributed by atoms with Crippen molar-refractivity contribution < 1.29 is 19.1 Å². The first-order valence-corrected chi connectivity index (χ1v) is 9.55. The maximum Gasteiger partial charge on any atom is 0.341 e. The number of nitrogens with one attached hydrogen (secondary N) is 1. The number of fused-ring (bicyclic) bond motifs is 2. The molecule has 0 atom stereocenters. The third kappa shape index (κ3) is 3.06. The lowest BCUT2D eigenvalue weighted by atomic mass is 10.1. The summed E-state index contributed by atoms with van der Waals surface area (Å²) in [5, 5.41) is 5.40. The van der Waals surface area contributed by atoms with Crippen molar-refractivity contribution in [1.29, 1.82) is 0 Å². The van der Waals surface area contributed by atoms with Gasteiger partial charge in [0.05, 0.1) is 25.3 Å². The van der Waals surface area contributed by atoms with E-state index in [4.69, 9.17) is 9.47 Å². The fourth-order valence-electron chi connectivity index (χ4n) is 3.55. The third-order valence-corrected chi connectivity index (χ3v) is 6.06. The molecule has 6 heteroatoms. The van der Waals surface area contributed by atoms with E-state index in [0.29, 0.717) is 21.9 Å². The van der Waals surface area contributed by atoms with Crippen LogP contribution in [-0.2, 0) is 17.6 Å². The van der Waals surface area contributed by atoms with Crippen molar-refractivity contribution in [2.75, 3.05) is 19.5 Å². The minimum atomic E-state index is -0.407. The number of rotatable bonds is 4. The molecule has 3 aromatic rings. The largest absolute Gasteiger partial charge is 0.496 e. The molecule has 0 saturated carbocycles. The van der Waals surface area contributed by atoms with Gasteiger partial charge in [0, 0.05) is 4.88 Å². The second kappa shape index (κ2) is 7.04. The smallest absolute Gasteiger partial charge is 0.341 e. The van der Waals surface area contributed by atoms with E-state index in [-0.39, 0.29) is 5.91 Å². The average molecular weight is 381 g/mol. The monoisotopic (exact) mass is 381 g/mol. The predicted molar refractivity (Wildman–Crippen MR) is 106 cm³/mol. The number of carbonyl (C=O) groups is 2. The summed E-state index contributed by atoms with van der Waals surface area (Å²) >= 11 is 1.46. The number of amides is 1. The summed E-state index contributed by atoms with van der Waals surface area (Å²) in [7, 11) is 2.90. The molecular weight excluding hydrogens is 362 g/mol. The molecule has 27 heavy (non-hydrogen) atoms. The molecule has 1 amide bonds. The number of hydrogen-bond donors (Lipinski definition) is 1. The van der Waals surface area contributed by atoms with Gasteiger partial charge in [-0.25, -0.2) is 4.79 Å². The van der Waals surface area contributed by atoms with Crippen molar-refractivity contribution in [3.63, 3.8) is 0 Å². The van der Waals surface area contributed by atoms with Crippen LogP contribution in [0.1, 0.15) is 37.6 Å². The molecule has 1 aromatic heterocycles. The van der Waals surface area contributed by atoms with Gasteiger partial charge in [0.2, 0.25) is 0 Å². The van der Waals surface area contributed by atoms with Crippen LogP contribution in [0.25, 0.3) is 10.8 Å². The first kappa shape index (κ1) is 17.5. The maximum absolute atomic E-state index is 13.0. The summed E-state index contributed by atoms with van der Waals surface area (Å²) in [5.41, 5.74) is 1.93. The molecule has 0 fully saturated rings. The van der Waals surface area contributed by atoms with Gasteiger partial charge in [-0.3, -0.25) is 4.79 Å². The zero-order chi connectivity index (χ0) is 19.0. The second-order valence-corrected chi connectivity index (χ2v) is 7.51. The number of hydrogen-bond acceptors (Lipinski definition) is 5. The van der Waals surface area contributed by atoms with Crippen LogP contribution in [0.3, 0.4) is 0 Å². The van der Waals surface area contributed by atoms with Gasteiger partial charge >= 0.3 is 5.97 Å². The Kier molecular flexibility index (Phi) is 4.58. The van der Waals surface area contributed by atoms with Gasteiger partial charge in [-0.1, -0.05) is 24.3 Å². The van der Waals surface area contributed by atoms with E-state index in [2.05, 4.69) is 5.32 Å². The van der Waals surface area contributed by atoms with Gasteiger partial charge in [0.1, 0.15) is 10.8 Å². The standard InChI is InChI=1S/C21H19NO4S/c1-25-16-11-13-7-4-3-6-12(13)10-15(16)19(23)22-20-18(21(24)26-2)14-8-5-9-17(14)27-20/h3-4,6-7,10-11H,5,8-9H2,1-2H3,(H,22,23). The van der Waals surface area contributed by atoms with Crippen molar-refractivity contribution in [3.05, 3.63) is 58.0 Å². The van der Waals surface area contributed by atoms with E-state index in [1.54, 1.807) is 7.11 Å². The zero-order valence-electron chi connectivity index (χ0n) is 15.1. The van der Waals surface area contributed by atoms with Crippen molar-refractivity contribution in [1.82, 2.24) is 0 Å². The zero-order valence-corrected chi connectivity index (χ0v) is 15.9. The number of thiophene rings is 1. The molecule has 2 aromatic carbocycles. The van der Waals surface area contributed by atoms with Gasteiger partial charge in [0.15, 0.2) is 0 Å². The Labute approximate surface area is 160 Å². The van der Waals surface area contributed by atoms with E-state index < -0.39 is 5.97 Å². The number of aryl methyl sites for hydroxylation is 1. The predicted octanol–water partition coefficient (Wildman–Crippen LogP) is 4.44. The maximum atomic E-state index is 13.0.